The number of piperidine rings is 1. The molecule has 28 heavy (non-hydrogen) atoms. The minimum Gasteiger partial charge on any atom is -0.466 e. The Bertz CT molecular complexity index is 702. The second-order valence-corrected chi connectivity index (χ2v) is 7.69. The van der Waals surface area contributed by atoms with Crippen molar-refractivity contribution in [3.63, 3.8) is 0 Å². The van der Waals surface area contributed by atoms with Gasteiger partial charge in [0.15, 0.2) is 0 Å². The van der Waals surface area contributed by atoms with E-state index in [9.17, 15) is 14.4 Å². The van der Waals surface area contributed by atoms with Crippen LogP contribution in [0.15, 0.2) is 30.3 Å². The molecule has 0 radical (unpaired) electrons. The van der Waals surface area contributed by atoms with Gasteiger partial charge in [0, 0.05) is 12.2 Å². The van der Waals surface area contributed by atoms with Crippen LogP contribution < -0.4 is 11.1 Å². The number of carbonyl (C=O) groups excluding carboxylic acids is 3. The van der Waals surface area contributed by atoms with Crippen LogP contribution >= 0.6 is 0 Å². The van der Waals surface area contributed by atoms with Crippen LogP contribution in [0.5, 0.6) is 0 Å². The molecule has 1 aromatic carbocycles. The van der Waals surface area contributed by atoms with Crippen LogP contribution in [0.1, 0.15) is 34.1 Å². The Kier molecular flexibility index (Phi) is 7.01. The van der Waals surface area contributed by atoms with E-state index >= 15 is 0 Å². The maximum Gasteiger partial charge on any atom is 0.411 e. The number of carbonyl (C=O) groups is 3. The first-order valence-electron chi connectivity index (χ1n) is 9.41. The van der Waals surface area contributed by atoms with Crippen LogP contribution in [-0.2, 0) is 19.1 Å². The van der Waals surface area contributed by atoms with E-state index in [0.29, 0.717) is 5.69 Å². The van der Waals surface area contributed by atoms with Crippen molar-refractivity contribution in [3.8, 4) is 0 Å². The maximum atomic E-state index is 12.8. The molecular formula is C20H29N3O5. The van der Waals surface area contributed by atoms with Crippen molar-refractivity contribution in [1.82, 2.24) is 4.90 Å². The van der Waals surface area contributed by atoms with Gasteiger partial charge < -0.3 is 20.5 Å². The maximum absolute atomic E-state index is 12.8. The molecule has 0 aliphatic carbocycles. The molecule has 3 atom stereocenters. The molecule has 2 amide bonds. The van der Waals surface area contributed by atoms with Gasteiger partial charge in [-0.15, -0.1) is 0 Å². The average Bonchev–Trinajstić information content (AvgIpc) is 2.60. The number of hydrogen-bond donors (Lipinski definition) is 2. The molecule has 1 fully saturated rings. The summed E-state index contributed by atoms with van der Waals surface area (Å²) in [5.74, 6) is -2.63. The fraction of sp³-hybridized carbons (Fsp3) is 0.550. The first-order valence-corrected chi connectivity index (χ1v) is 9.41. The second-order valence-electron chi connectivity index (χ2n) is 7.69. The molecular weight excluding hydrogens is 362 g/mol. The zero-order chi connectivity index (χ0) is 20.9. The fourth-order valence-electron chi connectivity index (χ4n) is 3.17. The van der Waals surface area contributed by atoms with Gasteiger partial charge >= 0.3 is 12.1 Å². The minimum atomic E-state index is -1.02. The number of rotatable bonds is 4. The van der Waals surface area contributed by atoms with E-state index in [4.69, 9.17) is 15.2 Å². The van der Waals surface area contributed by atoms with Crippen molar-refractivity contribution >= 4 is 23.7 Å². The number of ether oxygens (including phenoxy) is 2. The molecule has 8 nitrogen and oxygen atoms in total. The Labute approximate surface area is 165 Å². The molecule has 1 aromatic rings. The summed E-state index contributed by atoms with van der Waals surface area (Å²) in [6.45, 7) is 7.29. The van der Waals surface area contributed by atoms with Gasteiger partial charge in [0.2, 0.25) is 5.91 Å². The van der Waals surface area contributed by atoms with E-state index in [1.165, 1.54) is 4.90 Å². The number of hydrogen-bond acceptors (Lipinski definition) is 6. The summed E-state index contributed by atoms with van der Waals surface area (Å²) in [5.41, 5.74) is 6.17. The Balaban J connectivity index is 2.21. The molecule has 1 saturated heterocycles. The molecule has 3 unspecified atom stereocenters. The lowest BCUT2D eigenvalue weighted by Crippen LogP contribution is -2.61. The number of amides is 2. The van der Waals surface area contributed by atoms with Crippen LogP contribution in [0, 0.1) is 11.8 Å². The van der Waals surface area contributed by atoms with E-state index in [0.717, 1.165) is 0 Å². The van der Waals surface area contributed by atoms with E-state index in [2.05, 4.69) is 5.32 Å². The Morgan fingerprint density at radius 3 is 2.43 bits per heavy atom. The molecule has 1 heterocycles. The van der Waals surface area contributed by atoms with Crippen molar-refractivity contribution < 1.29 is 23.9 Å². The van der Waals surface area contributed by atoms with Gasteiger partial charge in [-0.1, -0.05) is 18.2 Å². The highest BCUT2D eigenvalue weighted by atomic mass is 16.6. The van der Waals surface area contributed by atoms with E-state index in [1.54, 1.807) is 52.0 Å². The predicted molar refractivity (Wildman–Crippen MR) is 104 cm³/mol. The molecule has 8 heteroatoms. The van der Waals surface area contributed by atoms with Crippen molar-refractivity contribution in [2.24, 2.45) is 17.6 Å². The standard InChI is InChI=1S/C20H29N3O5/c1-5-27-18(25)15-14(17(24)22-13-9-7-6-8-10-13)11-12-23(16(15)21)19(26)28-20(2,3)4/h6-10,14-16H,5,11-12,21H2,1-4H3,(H,22,24). The SMILES string of the molecule is CCOC(=O)C1C(C(=O)Nc2ccccc2)CCN(C(=O)OC(C)(C)C)C1N. The summed E-state index contributed by atoms with van der Waals surface area (Å²) >= 11 is 0. The summed E-state index contributed by atoms with van der Waals surface area (Å²) in [4.78, 5) is 39.2. The van der Waals surface area contributed by atoms with E-state index in [1.807, 2.05) is 6.07 Å². The van der Waals surface area contributed by atoms with Gasteiger partial charge in [0.25, 0.3) is 0 Å². The number of nitrogens with zero attached hydrogens (tertiary/aromatic N) is 1. The predicted octanol–water partition coefficient (Wildman–Crippen LogP) is 2.35. The van der Waals surface area contributed by atoms with Gasteiger partial charge in [-0.05, 0) is 46.2 Å². The van der Waals surface area contributed by atoms with E-state index in [-0.39, 0.29) is 25.5 Å². The smallest absolute Gasteiger partial charge is 0.411 e. The summed E-state index contributed by atoms with van der Waals surface area (Å²) in [5, 5.41) is 2.80. The third kappa shape index (κ3) is 5.45. The monoisotopic (exact) mass is 391 g/mol. The van der Waals surface area contributed by atoms with Gasteiger partial charge in [-0.3, -0.25) is 14.5 Å². The van der Waals surface area contributed by atoms with Crippen LogP contribution in [0.4, 0.5) is 10.5 Å². The molecule has 1 aliphatic rings. The molecule has 1 aliphatic heterocycles. The van der Waals surface area contributed by atoms with Crippen molar-refractivity contribution in [2.75, 3.05) is 18.5 Å². The topological polar surface area (TPSA) is 111 Å². The van der Waals surface area contributed by atoms with Crippen LogP contribution in [0.2, 0.25) is 0 Å². The second kappa shape index (κ2) is 9.05. The Morgan fingerprint density at radius 1 is 1.21 bits per heavy atom. The van der Waals surface area contributed by atoms with Gasteiger partial charge in [-0.2, -0.15) is 0 Å². The number of esters is 1. The first kappa shape index (κ1) is 21.7. The lowest BCUT2D eigenvalue weighted by atomic mass is 9.82. The highest BCUT2D eigenvalue weighted by molar-refractivity contribution is 5.95. The van der Waals surface area contributed by atoms with Crippen LogP contribution in [0.25, 0.3) is 0 Å². The zero-order valence-corrected chi connectivity index (χ0v) is 16.8. The molecule has 0 spiro atoms. The summed E-state index contributed by atoms with van der Waals surface area (Å²) < 4.78 is 10.5. The lowest BCUT2D eigenvalue weighted by Gasteiger charge is -2.41. The van der Waals surface area contributed by atoms with Gasteiger partial charge in [0.1, 0.15) is 11.5 Å². The summed E-state index contributed by atoms with van der Waals surface area (Å²) in [6, 6.07) is 8.96. The third-order valence-corrected chi connectivity index (χ3v) is 4.41. The first-order chi connectivity index (χ1) is 13.1. The molecule has 154 valence electrons. The quantitative estimate of drug-likeness (QED) is 0.762. The number of anilines is 1. The molecule has 0 aromatic heterocycles. The largest absolute Gasteiger partial charge is 0.466 e. The van der Waals surface area contributed by atoms with E-state index < -0.39 is 35.7 Å². The number of nitrogens with one attached hydrogen (secondary N) is 1. The minimum absolute atomic E-state index is 0.154. The van der Waals surface area contributed by atoms with Gasteiger partial charge in [0.05, 0.1) is 18.7 Å². The number of para-hydroxylation sites is 1. The highest BCUT2D eigenvalue weighted by Crippen LogP contribution is 2.30. The van der Waals surface area contributed by atoms with Crippen molar-refractivity contribution in [1.29, 1.82) is 0 Å². The molecule has 0 saturated carbocycles. The molecule has 0 bridgehead atoms. The van der Waals surface area contributed by atoms with Crippen LogP contribution in [0.3, 0.4) is 0 Å². The summed E-state index contributed by atoms with van der Waals surface area (Å²) in [6.07, 6.45) is -1.36. The van der Waals surface area contributed by atoms with Gasteiger partial charge in [-0.25, -0.2) is 4.79 Å². The summed E-state index contributed by atoms with van der Waals surface area (Å²) in [7, 11) is 0. The highest BCUT2D eigenvalue weighted by Gasteiger charge is 2.47. The fourth-order valence-corrected chi connectivity index (χ4v) is 3.17. The zero-order valence-electron chi connectivity index (χ0n) is 16.8. The van der Waals surface area contributed by atoms with Crippen molar-refractivity contribution in [2.45, 2.75) is 45.9 Å². The van der Waals surface area contributed by atoms with Crippen molar-refractivity contribution in [3.05, 3.63) is 30.3 Å². The Hall–Kier alpha value is -2.61. The molecule has 3 N–H and O–H groups in total. The number of benzene rings is 1. The third-order valence-electron chi connectivity index (χ3n) is 4.41. The lowest BCUT2D eigenvalue weighted by molar-refractivity contribution is -0.157. The van der Waals surface area contributed by atoms with Crippen LogP contribution in [-0.4, -0.2) is 47.8 Å². The number of nitrogens with two attached hydrogens (primary N) is 1. The number of likely N-dealkylation sites (tertiary alicyclic amines) is 1. The normalized spacial score (nSPS) is 22.3. The molecule has 2 rings (SSSR count). The Morgan fingerprint density at radius 2 is 1.86 bits per heavy atom. The average molecular weight is 391 g/mol.